The number of carbonyl (C=O) groups excluding carboxylic acids is 1. The number of nitrogens with one attached hydrogen (secondary N) is 2. The van der Waals surface area contributed by atoms with Crippen LogP contribution in [0.5, 0.6) is 11.5 Å². The van der Waals surface area contributed by atoms with Crippen LogP contribution in [0.1, 0.15) is 11.1 Å². The fraction of sp³-hybridized carbons (Fsp3) is 0.294. The number of hydrogen-bond acceptors (Lipinski definition) is 5. The standard InChI is InChI=1S/C17H21N3O3/c1-22-15-4-3-14(9-16(15)23-2)10-19-12-17(21)20-11-13-5-7-18-8-6-13/h3-9,19H,10-12H2,1-2H3,(H,20,21). The average molecular weight is 315 g/mol. The zero-order valence-electron chi connectivity index (χ0n) is 13.3. The molecule has 0 unspecified atom stereocenters. The van der Waals surface area contributed by atoms with Crippen LogP contribution in [0.25, 0.3) is 0 Å². The highest BCUT2D eigenvalue weighted by atomic mass is 16.5. The van der Waals surface area contributed by atoms with Gasteiger partial charge in [-0.15, -0.1) is 0 Å². The van der Waals surface area contributed by atoms with Crippen molar-refractivity contribution in [1.29, 1.82) is 0 Å². The summed E-state index contributed by atoms with van der Waals surface area (Å²) in [7, 11) is 3.20. The molecule has 0 spiro atoms. The van der Waals surface area contributed by atoms with Crippen LogP contribution in [0, 0.1) is 0 Å². The number of amides is 1. The molecule has 23 heavy (non-hydrogen) atoms. The summed E-state index contributed by atoms with van der Waals surface area (Å²) >= 11 is 0. The van der Waals surface area contributed by atoms with Crippen LogP contribution in [0.3, 0.4) is 0 Å². The van der Waals surface area contributed by atoms with Crippen LogP contribution in [0.2, 0.25) is 0 Å². The predicted octanol–water partition coefficient (Wildman–Crippen LogP) is 1.50. The van der Waals surface area contributed by atoms with E-state index in [1.165, 1.54) is 0 Å². The molecule has 0 fully saturated rings. The smallest absolute Gasteiger partial charge is 0.234 e. The van der Waals surface area contributed by atoms with Crippen molar-refractivity contribution in [3.8, 4) is 11.5 Å². The Morgan fingerprint density at radius 3 is 2.43 bits per heavy atom. The van der Waals surface area contributed by atoms with Gasteiger partial charge < -0.3 is 20.1 Å². The Hall–Kier alpha value is -2.60. The van der Waals surface area contributed by atoms with E-state index >= 15 is 0 Å². The summed E-state index contributed by atoms with van der Waals surface area (Å²) in [6.45, 7) is 1.32. The van der Waals surface area contributed by atoms with Gasteiger partial charge in [0.1, 0.15) is 0 Å². The van der Waals surface area contributed by atoms with Gasteiger partial charge in [0, 0.05) is 25.5 Å². The molecule has 0 saturated heterocycles. The summed E-state index contributed by atoms with van der Waals surface area (Å²) < 4.78 is 10.4. The molecule has 1 heterocycles. The highest BCUT2D eigenvalue weighted by Crippen LogP contribution is 2.27. The Labute approximate surface area is 135 Å². The third-order valence-corrected chi connectivity index (χ3v) is 3.30. The molecule has 2 rings (SSSR count). The third-order valence-electron chi connectivity index (χ3n) is 3.30. The lowest BCUT2D eigenvalue weighted by Crippen LogP contribution is -2.33. The van der Waals surface area contributed by atoms with Gasteiger partial charge >= 0.3 is 0 Å². The van der Waals surface area contributed by atoms with Gasteiger partial charge in [-0.05, 0) is 35.4 Å². The SMILES string of the molecule is COc1ccc(CNCC(=O)NCc2ccncc2)cc1OC. The van der Waals surface area contributed by atoms with E-state index in [9.17, 15) is 4.79 Å². The minimum atomic E-state index is -0.0534. The molecule has 0 aliphatic carbocycles. The van der Waals surface area contributed by atoms with Crippen LogP contribution in [0.15, 0.2) is 42.7 Å². The Kier molecular flexibility index (Phi) is 6.38. The molecule has 1 aromatic heterocycles. The van der Waals surface area contributed by atoms with Crippen molar-refractivity contribution >= 4 is 5.91 Å². The van der Waals surface area contributed by atoms with Crippen LogP contribution < -0.4 is 20.1 Å². The lowest BCUT2D eigenvalue weighted by Gasteiger charge is -2.10. The molecule has 0 bridgehead atoms. The van der Waals surface area contributed by atoms with Gasteiger partial charge in [0.05, 0.1) is 20.8 Å². The molecule has 1 aromatic carbocycles. The highest BCUT2D eigenvalue weighted by Gasteiger charge is 2.05. The summed E-state index contributed by atoms with van der Waals surface area (Å²) in [4.78, 5) is 15.7. The van der Waals surface area contributed by atoms with E-state index in [1.54, 1.807) is 26.6 Å². The topological polar surface area (TPSA) is 72.5 Å². The number of hydrogen-bond donors (Lipinski definition) is 2. The number of ether oxygens (including phenoxy) is 2. The largest absolute Gasteiger partial charge is 0.493 e. The van der Waals surface area contributed by atoms with Gasteiger partial charge in [-0.3, -0.25) is 9.78 Å². The molecule has 6 nitrogen and oxygen atoms in total. The average Bonchev–Trinajstić information content (AvgIpc) is 2.60. The molecule has 2 N–H and O–H groups in total. The van der Waals surface area contributed by atoms with Gasteiger partial charge in [0.2, 0.25) is 5.91 Å². The Morgan fingerprint density at radius 2 is 1.74 bits per heavy atom. The maximum Gasteiger partial charge on any atom is 0.234 e. The Bertz CT molecular complexity index is 632. The van der Waals surface area contributed by atoms with E-state index in [4.69, 9.17) is 9.47 Å². The van der Waals surface area contributed by atoms with E-state index < -0.39 is 0 Å². The summed E-state index contributed by atoms with van der Waals surface area (Å²) in [5, 5.41) is 5.96. The summed E-state index contributed by atoms with van der Waals surface area (Å²) in [5.74, 6) is 1.31. The van der Waals surface area contributed by atoms with Gasteiger partial charge in [-0.1, -0.05) is 6.07 Å². The van der Waals surface area contributed by atoms with Crippen molar-refractivity contribution < 1.29 is 14.3 Å². The van der Waals surface area contributed by atoms with Crippen molar-refractivity contribution in [2.75, 3.05) is 20.8 Å². The first-order chi connectivity index (χ1) is 11.2. The first-order valence-corrected chi connectivity index (χ1v) is 7.30. The Balaban J connectivity index is 1.75. The molecule has 0 aliphatic rings. The molecule has 122 valence electrons. The lowest BCUT2D eigenvalue weighted by molar-refractivity contribution is -0.120. The second kappa shape index (κ2) is 8.75. The summed E-state index contributed by atoms with van der Waals surface area (Å²) in [6.07, 6.45) is 3.41. The van der Waals surface area contributed by atoms with E-state index in [-0.39, 0.29) is 12.5 Å². The van der Waals surface area contributed by atoms with Crippen molar-refractivity contribution in [3.05, 3.63) is 53.9 Å². The van der Waals surface area contributed by atoms with Crippen molar-refractivity contribution in [2.45, 2.75) is 13.1 Å². The normalized spacial score (nSPS) is 10.2. The second-order valence-corrected chi connectivity index (χ2v) is 4.93. The summed E-state index contributed by atoms with van der Waals surface area (Å²) in [5.41, 5.74) is 2.04. The van der Waals surface area contributed by atoms with Crippen LogP contribution in [-0.2, 0) is 17.9 Å². The van der Waals surface area contributed by atoms with Gasteiger partial charge in [-0.2, -0.15) is 0 Å². The number of aromatic nitrogens is 1. The third kappa shape index (κ3) is 5.27. The molecule has 6 heteroatoms. The fourth-order valence-corrected chi connectivity index (χ4v) is 2.07. The van der Waals surface area contributed by atoms with Gasteiger partial charge in [0.15, 0.2) is 11.5 Å². The fourth-order valence-electron chi connectivity index (χ4n) is 2.07. The van der Waals surface area contributed by atoms with E-state index in [0.29, 0.717) is 24.6 Å². The lowest BCUT2D eigenvalue weighted by atomic mass is 10.2. The van der Waals surface area contributed by atoms with Crippen molar-refractivity contribution in [2.24, 2.45) is 0 Å². The van der Waals surface area contributed by atoms with Gasteiger partial charge in [0.25, 0.3) is 0 Å². The number of pyridine rings is 1. The number of nitrogens with zero attached hydrogens (tertiary/aromatic N) is 1. The van der Waals surface area contributed by atoms with Gasteiger partial charge in [-0.25, -0.2) is 0 Å². The first kappa shape index (κ1) is 16.8. The predicted molar refractivity (Wildman–Crippen MR) is 87.3 cm³/mol. The molecular formula is C17H21N3O3. The molecule has 0 atom stereocenters. The second-order valence-electron chi connectivity index (χ2n) is 4.93. The van der Waals surface area contributed by atoms with E-state index in [2.05, 4.69) is 15.6 Å². The quantitative estimate of drug-likeness (QED) is 0.772. The van der Waals surface area contributed by atoms with Crippen LogP contribution >= 0.6 is 0 Å². The highest BCUT2D eigenvalue weighted by molar-refractivity contribution is 5.77. The minimum absolute atomic E-state index is 0.0534. The molecule has 0 aliphatic heterocycles. The number of carbonyl (C=O) groups is 1. The molecule has 2 aromatic rings. The summed E-state index contributed by atoms with van der Waals surface area (Å²) in [6, 6.07) is 9.41. The monoisotopic (exact) mass is 315 g/mol. The number of benzene rings is 1. The molecule has 0 saturated carbocycles. The van der Waals surface area contributed by atoms with Crippen LogP contribution in [0.4, 0.5) is 0 Å². The zero-order valence-corrected chi connectivity index (χ0v) is 13.3. The maximum atomic E-state index is 11.8. The van der Waals surface area contributed by atoms with Crippen molar-refractivity contribution in [3.63, 3.8) is 0 Å². The Morgan fingerprint density at radius 1 is 1.00 bits per heavy atom. The number of methoxy groups -OCH3 is 2. The van der Waals surface area contributed by atoms with E-state index in [1.807, 2.05) is 30.3 Å². The minimum Gasteiger partial charge on any atom is -0.493 e. The molecule has 0 radical (unpaired) electrons. The molecular weight excluding hydrogens is 294 g/mol. The first-order valence-electron chi connectivity index (χ1n) is 7.30. The maximum absolute atomic E-state index is 11.8. The zero-order chi connectivity index (χ0) is 16.5. The van der Waals surface area contributed by atoms with Crippen LogP contribution in [-0.4, -0.2) is 31.7 Å². The number of rotatable bonds is 8. The van der Waals surface area contributed by atoms with Crippen molar-refractivity contribution in [1.82, 2.24) is 15.6 Å². The van der Waals surface area contributed by atoms with E-state index in [0.717, 1.165) is 11.1 Å². The molecule has 1 amide bonds.